The van der Waals surface area contributed by atoms with Crippen LogP contribution < -0.4 is 15.4 Å². The average Bonchev–Trinajstić information content (AvgIpc) is 3.69. The van der Waals surface area contributed by atoms with Gasteiger partial charge in [-0.25, -0.2) is 4.79 Å². The smallest absolute Gasteiger partial charge is 0.319 e. The number of nitrogens with one attached hydrogen (secondary N) is 2. The molecule has 3 atom stereocenters. The summed E-state index contributed by atoms with van der Waals surface area (Å²) in [4.78, 5) is 30.4. The molecule has 4 rings (SSSR count). The second-order valence-corrected chi connectivity index (χ2v) is 11.1. The summed E-state index contributed by atoms with van der Waals surface area (Å²) >= 11 is 0. The van der Waals surface area contributed by atoms with Crippen molar-refractivity contribution in [2.45, 2.75) is 77.0 Å². The maximum absolute atomic E-state index is 13.5. The zero-order valence-corrected chi connectivity index (χ0v) is 22.4. The fourth-order valence-electron chi connectivity index (χ4n) is 5.42. The molecule has 0 bridgehead atoms. The Kier molecular flexibility index (Phi) is 9.12. The number of carbonyl (C=O) groups excluding carboxylic acids is 2. The molecule has 0 aromatic heterocycles. The first-order valence-corrected chi connectivity index (χ1v) is 13.7. The Labute approximate surface area is 216 Å². The molecule has 1 aliphatic heterocycles. The summed E-state index contributed by atoms with van der Waals surface area (Å²) in [7, 11) is 3.53. The normalized spacial score (nSPS) is 26.8. The van der Waals surface area contributed by atoms with Crippen molar-refractivity contribution in [1.29, 1.82) is 0 Å². The second-order valence-electron chi connectivity index (χ2n) is 11.1. The molecule has 0 spiro atoms. The Morgan fingerprint density at radius 2 is 1.86 bits per heavy atom. The third-order valence-electron chi connectivity index (χ3n) is 7.96. The van der Waals surface area contributed by atoms with Crippen LogP contribution in [0.3, 0.4) is 0 Å². The lowest BCUT2D eigenvalue weighted by atomic mass is 9.96. The highest BCUT2D eigenvalue weighted by atomic mass is 16.5. The van der Waals surface area contributed by atoms with E-state index in [2.05, 4.69) is 29.4 Å². The molecule has 8 nitrogen and oxygen atoms in total. The van der Waals surface area contributed by atoms with Gasteiger partial charge in [-0.3, -0.25) is 9.69 Å². The lowest BCUT2D eigenvalue weighted by molar-refractivity contribution is 0.00994. The van der Waals surface area contributed by atoms with E-state index in [4.69, 9.17) is 9.47 Å². The number of rotatable bonds is 5. The molecule has 2 N–H and O–H groups in total. The second kappa shape index (κ2) is 12.3. The van der Waals surface area contributed by atoms with Gasteiger partial charge in [0.25, 0.3) is 5.91 Å². The number of benzene rings is 1. The minimum atomic E-state index is -0.227. The molecule has 3 aliphatic rings. The van der Waals surface area contributed by atoms with Crippen molar-refractivity contribution in [3.05, 3.63) is 23.8 Å². The lowest BCUT2D eigenvalue weighted by Gasteiger charge is -2.36. The van der Waals surface area contributed by atoms with Gasteiger partial charge in [-0.15, -0.1) is 0 Å². The molecule has 2 saturated carbocycles. The highest BCUT2D eigenvalue weighted by Gasteiger charge is 2.31. The first kappa shape index (κ1) is 26.7. The molecule has 8 heteroatoms. The van der Waals surface area contributed by atoms with Crippen LogP contribution in [0.1, 0.15) is 69.2 Å². The van der Waals surface area contributed by atoms with Crippen LogP contribution in [-0.4, -0.2) is 80.3 Å². The van der Waals surface area contributed by atoms with Crippen LogP contribution in [0.2, 0.25) is 0 Å². The highest BCUT2D eigenvalue weighted by Crippen LogP contribution is 2.32. The summed E-state index contributed by atoms with van der Waals surface area (Å²) in [5.74, 6) is 1.45. The number of hydrogen-bond donors (Lipinski definition) is 2. The summed E-state index contributed by atoms with van der Waals surface area (Å²) in [6.07, 6.45) is 8.11. The quantitative estimate of drug-likeness (QED) is 0.628. The van der Waals surface area contributed by atoms with Crippen molar-refractivity contribution < 1.29 is 19.1 Å². The summed E-state index contributed by atoms with van der Waals surface area (Å²) in [5.41, 5.74) is 1.04. The molecule has 1 heterocycles. The number of fused-ring (bicyclic) bond motifs is 1. The molecule has 1 aromatic carbocycles. The van der Waals surface area contributed by atoms with Crippen LogP contribution in [0.4, 0.5) is 10.5 Å². The highest BCUT2D eigenvalue weighted by molar-refractivity contribution is 5.99. The van der Waals surface area contributed by atoms with Crippen molar-refractivity contribution in [3.8, 4) is 5.75 Å². The zero-order chi connectivity index (χ0) is 25.7. The van der Waals surface area contributed by atoms with Gasteiger partial charge >= 0.3 is 6.03 Å². The van der Waals surface area contributed by atoms with E-state index in [9.17, 15) is 9.59 Å². The number of carbonyl (C=O) groups is 2. The summed E-state index contributed by atoms with van der Waals surface area (Å²) in [6.45, 7) is 7.37. The molecule has 2 fully saturated rings. The van der Waals surface area contributed by atoms with Crippen LogP contribution in [0.25, 0.3) is 0 Å². The maximum atomic E-state index is 13.5. The fraction of sp³-hybridized carbons (Fsp3) is 0.714. The molecule has 2 aliphatic carbocycles. The monoisotopic (exact) mass is 500 g/mol. The predicted molar refractivity (Wildman–Crippen MR) is 142 cm³/mol. The van der Waals surface area contributed by atoms with E-state index in [-0.39, 0.29) is 36.0 Å². The van der Waals surface area contributed by atoms with E-state index in [1.807, 2.05) is 6.07 Å². The topological polar surface area (TPSA) is 83.1 Å². The number of hydrogen-bond acceptors (Lipinski definition) is 5. The first-order chi connectivity index (χ1) is 17.3. The van der Waals surface area contributed by atoms with Gasteiger partial charge in [-0.05, 0) is 62.6 Å². The van der Waals surface area contributed by atoms with Crippen molar-refractivity contribution >= 4 is 17.6 Å². The van der Waals surface area contributed by atoms with Crippen molar-refractivity contribution in [2.75, 3.05) is 45.7 Å². The van der Waals surface area contributed by atoms with E-state index in [0.717, 1.165) is 44.7 Å². The molecule has 200 valence electrons. The Balaban J connectivity index is 1.53. The SMILES string of the molecule is CO[C@H]1CN(C)C(=O)c2cc(NC(=O)NC3CCCCC3)ccc2OC[C@H](C)N(CC2CC2)C[C@@H]1C. The third kappa shape index (κ3) is 7.13. The van der Waals surface area contributed by atoms with E-state index >= 15 is 0 Å². The van der Waals surface area contributed by atoms with Crippen molar-refractivity contribution in [1.82, 2.24) is 15.1 Å². The standard InChI is InChI=1S/C28H44N4O4/c1-19-15-32(16-21-10-11-21)20(2)18-36-25-13-12-23(30-28(34)29-22-8-6-5-7-9-22)14-24(25)27(33)31(3)17-26(19)35-4/h12-14,19-22,26H,5-11,15-18H2,1-4H3,(H2,29,30,34)/t19-,20-,26-/m0/s1. The number of nitrogens with zero attached hydrogens (tertiary/aromatic N) is 2. The molecule has 3 amide bonds. The average molecular weight is 501 g/mol. The van der Waals surface area contributed by atoms with E-state index in [1.165, 1.54) is 19.3 Å². The van der Waals surface area contributed by atoms with Gasteiger partial charge in [0.2, 0.25) is 0 Å². The minimum Gasteiger partial charge on any atom is -0.491 e. The largest absolute Gasteiger partial charge is 0.491 e. The van der Waals surface area contributed by atoms with Crippen molar-refractivity contribution in [3.63, 3.8) is 0 Å². The number of amides is 3. The summed E-state index contributed by atoms with van der Waals surface area (Å²) in [6, 6.07) is 5.55. The van der Waals surface area contributed by atoms with Crippen molar-refractivity contribution in [2.24, 2.45) is 11.8 Å². The maximum Gasteiger partial charge on any atom is 0.319 e. The van der Waals surface area contributed by atoms with Gasteiger partial charge in [0.15, 0.2) is 0 Å². The number of urea groups is 1. The Hall–Kier alpha value is -2.32. The van der Waals surface area contributed by atoms with Crippen LogP contribution in [-0.2, 0) is 4.74 Å². The molecule has 0 unspecified atom stereocenters. The minimum absolute atomic E-state index is 0.0702. The van der Waals surface area contributed by atoms with Gasteiger partial charge in [-0.1, -0.05) is 26.2 Å². The molecule has 0 saturated heterocycles. The molecular weight excluding hydrogens is 456 g/mol. The van der Waals surface area contributed by atoms with Gasteiger partial charge in [0.1, 0.15) is 12.4 Å². The Bertz CT molecular complexity index is 900. The zero-order valence-electron chi connectivity index (χ0n) is 22.4. The number of ether oxygens (including phenoxy) is 2. The van der Waals surface area contributed by atoms with Crippen LogP contribution in [0, 0.1) is 11.8 Å². The molecule has 36 heavy (non-hydrogen) atoms. The molecular formula is C28H44N4O4. The van der Waals surface area contributed by atoms with E-state index < -0.39 is 0 Å². The number of anilines is 1. The van der Waals surface area contributed by atoms with E-state index in [0.29, 0.717) is 30.2 Å². The van der Waals surface area contributed by atoms with Gasteiger partial charge in [-0.2, -0.15) is 0 Å². The van der Waals surface area contributed by atoms with Gasteiger partial charge in [0, 0.05) is 51.6 Å². The number of likely N-dealkylation sites (N-methyl/N-ethyl adjacent to an activating group) is 1. The van der Waals surface area contributed by atoms with Gasteiger partial charge in [0.05, 0.1) is 11.7 Å². The Morgan fingerprint density at radius 1 is 1.11 bits per heavy atom. The van der Waals surface area contributed by atoms with E-state index in [1.54, 1.807) is 31.2 Å². The summed E-state index contributed by atoms with van der Waals surface area (Å²) < 4.78 is 12.1. The third-order valence-corrected chi connectivity index (χ3v) is 7.96. The van der Waals surface area contributed by atoms with Gasteiger partial charge < -0.3 is 25.0 Å². The first-order valence-electron chi connectivity index (χ1n) is 13.7. The summed E-state index contributed by atoms with van der Waals surface area (Å²) in [5, 5.41) is 6.00. The predicted octanol–water partition coefficient (Wildman–Crippen LogP) is 4.36. The number of methoxy groups -OCH3 is 1. The fourth-order valence-corrected chi connectivity index (χ4v) is 5.42. The lowest BCUT2D eigenvalue weighted by Crippen LogP contribution is -2.47. The van der Waals surface area contributed by atoms with Crippen LogP contribution in [0.15, 0.2) is 18.2 Å². The van der Waals surface area contributed by atoms with Crippen LogP contribution in [0.5, 0.6) is 5.75 Å². The molecule has 0 radical (unpaired) electrons. The van der Waals surface area contributed by atoms with Crippen LogP contribution >= 0.6 is 0 Å². The Morgan fingerprint density at radius 3 is 2.56 bits per heavy atom. The molecule has 1 aromatic rings.